The lowest BCUT2D eigenvalue weighted by atomic mass is 9.98. The van der Waals surface area contributed by atoms with Crippen LogP contribution in [0.2, 0.25) is 76.6 Å². The highest BCUT2D eigenvalue weighted by Crippen LogP contribution is 2.44. The summed E-state index contributed by atoms with van der Waals surface area (Å²) in [4.78, 5) is 25.1. The molecule has 2 unspecified atom stereocenters. The molecule has 0 saturated heterocycles. The minimum absolute atomic E-state index is 0.0338. The molecule has 0 saturated carbocycles. The Balaban J connectivity index is 6.89. The summed E-state index contributed by atoms with van der Waals surface area (Å²) >= 11 is 0. The standard InChI is InChI=1S/C20H44O6Si4/c1-13-15(29(9,10)25-27(3,4)5)17(19(21)22)18(20(23)24)16(14-2)30(11,12)26-28(6,7)8/h15-16H,13-14H2,1-12H3,(H,21,22)(H,23,24)/b18-17+. The molecule has 0 rings (SSSR count). The first-order valence-corrected chi connectivity index (χ1v) is 23.6. The quantitative estimate of drug-likeness (QED) is 0.251. The summed E-state index contributed by atoms with van der Waals surface area (Å²) in [7, 11) is -8.91. The van der Waals surface area contributed by atoms with Crippen LogP contribution in [0.5, 0.6) is 0 Å². The second-order valence-corrected chi connectivity index (χ2v) is 28.9. The third-order valence-electron chi connectivity index (χ3n) is 5.08. The van der Waals surface area contributed by atoms with E-state index in [4.69, 9.17) is 8.23 Å². The maximum Gasteiger partial charge on any atom is 0.332 e. The van der Waals surface area contributed by atoms with Gasteiger partial charge in [0, 0.05) is 11.1 Å². The second kappa shape index (κ2) is 10.4. The Kier molecular flexibility index (Phi) is 10.2. The van der Waals surface area contributed by atoms with Gasteiger partial charge in [0.15, 0.2) is 33.3 Å². The summed E-state index contributed by atoms with van der Waals surface area (Å²) < 4.78 is 13.0. The fraction of sp³-hybridized carbons (Fsp3) is 0.800. The van der Waals surface area contributed by atoms with Crippen LogP contribution in [0, 0.1) is 0 Å². The van der Waals surface area contributed by atoms with Gasteiger partial charge in [-0.2, -0.15) is 0 Å². The molecule has 2 N–H and O–H groups in total. The van der Waals surface area contributed by atoms with Crippen molar-refractivity contribution in [1.82, 2.24) is 0 Å². The smallest absolute Gasteiger partial charge is 0.332 e. The molecule has 0 amide bonds. The molecule has 0 aromatic heterocycles. The van der Waals surface area contributed by atoms with Gasteiger partial charge in [-0.15, -0.1) is 0 Å². The van der Waals surface area contributed by atoms with E-state index in [1.807, 2.05) is 40.0 Å². The molecular weight excluding hydrogens is 449 g/mol. The topological polar surface area (TPSA) is 93.1 Å². The summed E-state index contributed by atoms with van der Waals surface area (Å²) in [5, 5.41) is 20.5. The molecule has 2 atom stereocenters. The molecule has 30 heavy (non-hydrogen) atoms. The normalized spacial score (nSPS) is 16.7. The van der Waals surface area contributed by atoms with Gasteiger partial charge in [-0.1, -0.05) is 13.8 Å². The molecular formula is C20H44O6Si4. The number of hydrogen-bond donors (Lipinski definition) is 2. The molecule has 6 nitrogen and oxygen atoms in total. The Labute approximate surface area is 187 Å². The van der Waals surface area contributed by atoms with Crippen molar-refractivity contribution in [3.63, 3.8) is 0 Å². The first kappa shape index (κ1) is 29.5. The first-order valence-electron chi connectivity index (χ1n) is 10.8. The van der Waals surface area contributed by atoms with Crippen molar-refractivity contribution in [2.75, 3.05) is 0 Å². The van der Waals surface area contributed by atoms with Crippen LogP contribution in [0.3, 0.4) is 0 Å². The van der Waals surface area contributed by atoms with Crippen LogP contribution in [0.1, 0.15) is 26.7 Å². The SMILES string of the molecule is CCC(/C(C(=O)O)=C(\C(=O)O)C(CC)[Si](C)(C)O[Si](C)(C)C)[Si](C)(C)O[Si](C)(C)C. The number of carboxylic acids is 2. The monoisotopic (exact) mass is 492 g/mol. The Morgan fingerprint density at radius 1 is 0.633 bits per heavy atom. The molecule has 176 valence electrons. The van der Waals surface area contributed by atoms with E-state index < -0.39 is 56.3 Å². The van der Waals surface area contributed by atoms with Crippen LogP contribution in [-0.4, -0.2) is 55.4 Å². The first-order chi connectivity index (χ1) is 13.2. The van der Waals surface area contributed by atoms with Crippen molar-refractivity contribution >= 4 is 45.2 Å². The number of carboxylic acid groups (broad SMARTS) is 2. The Hall–Kier alpha value is -0.532. The van der Waals surface area contributed by atoms with Gasteiger partial charge < -0.3 is 18.4 Å². The largest absolute Gasteiger partial charge is 0.478 e. The highest BCUT2D eigenvalue weighted by molar-refractivity contribution is 6.86. The molecule has 10 heteroatoms. The maximum atomic E-state index is 12.5. The zero-order valence-electron chi connectivity index (χ0n) is 21.1. The van der Waals surface area contributed by atoms with E-state index in [-0.39, 0.29) is 11.1 Å². The minimum Gasteiger partial charge on any atom is -0.478 e. The Bertz CT molecular complexity index is 603. The van der Waals surface area contributed by atoms with E-state index >= 15 is 0 Å². The summed E-state index contributed by atoms with van der Waals surface area (Å²) in [6.45, 7) is 24.4. The number of carbonyl (C=O) groups is 2. The van der Waals surface area contributed by atoms with Gasteiger partial charge in [-0.05, 0) is 78.3 Å². The fourth-order valence-electron chi connectivity index (χ4n) is 4.71. The van der Waals surface area contributed by atoms with Gasteiger partial charge in [-0.3, -0.25) is 0 Å². The molecule has 0 aromatic carbocycles. The average molecular weight is 493 g/mol. The van der Waals surface area contributed by atoms with E-state index in [9.17, 15) is 19.8 Å². The average Bonchev–Trinajstić information content (AvgIpc) is 2.44. The highest BCUT2D eigenvalue weighted by Gasteiger charge is 2.47. The fourth-order valence-corrected chi connectivity index (χ4v) is 22.4. The van der Waals surface area contributed by atoms with Gasteiger partial charge >= 0.3 is 11.9 Å². The predicted octanol–water partition coefficient (Wildman–Crippen LogP) is 6.13. The number of aliphatic carboxylic acids is 2. The molecule has 0 fully saturated rings. The van der Waals surface area contributed by atoms with Gasteiger partial charge in [0.05, 0.1) is 11.1 Å². The highest BCUT2D eigenvalue weighted by atomic mass is 28.4. The van der Waals surface area contributed by atoms with Crippen LogP contribution in [0.4, 0.5) is 0 Å². The van der Waals surface area contributed by atoms with Crippen LogP contribution < -0.4 is 0 Å². The third-order valence-corrected chi connectivity index (χ3v) is 18.9. The van der Waals surface area contributed by atoms with E-state index in [0.717, 1.165) is 0 Å². The summed E-state index contributed by atoms with van der Waals surface area (Å²) in [6.07, 6.45) is 1.07. The Morgan fingerprint density at radius 2 is 0.867 bits per heavy atom. The lowest BCUT2D eigenvalue weighted by molar-refractivity contribution is -0.136. The van der Waals surface area contributed by atoms with Crippen molar-refractivity contribution < 1.29 is 28.0 Å². The van der Waals surface area contributed by atoms with Gasteiger partial charge in [-0.25, -0.2) is 9.59 Å². The van der Waals surface area contributed by atoms with Crippen molar-refractivity contribution in [3.05, 3.63) is 11.1 Å². The lowest BCUT2D eigenvalue weighted by Crippen LogP contribution is -2.49. The summed E-state index contributed by atoms with van der Waals surface area (Å²) in [5.41, 5.74) is -0.741. The van der Waals surface area contributed by atoms with Crippen molar-refractivity contribution in [2.45, 2.75) is 103 Å². The van der Waals surface area contributed by atoms with Crippen molar-refractivity contribution in [1.29, 1.82) is 0 Å². The number of rotatable bonds is 12. The summed E-state index contributed by atoms with van der Waals surface area (Å²) in [6, 6.07) is 0. The third kappa shape index (κ3) is 8.54. The summed E-state index contributed by atoms with van der Waals surface area (Å²) in [5.74, 6) is -2.29. The molecule has 0 aromatic rings. The van der Waals surface area contributed by atoms with Crippen LogP contribution in [-0.2, 0) is 17.8 Å². The molecule has 0 aliphatic heterocycles. The van der Waals surface area contributed by atoms with E-state index in [1.165, 1.54) is 0 Å². The molecule has 0 aliphatic rings. The minimum atomic E-state index is -2.52. The molecule has 0 bridgehead atoms. The zero-order chi connectivity index (χ0) is 24.3. The van der Waals surface area contributed by atoms with Crippen LogP contribution >= 0.6 is 0 Å². The molecule has 0 heterocycles. The van der Waals surface area contributed by atoms with Gasteiger partial charge in [0.2, 0.25) is 0 Å². The van der Waals surface area contributed by atoms with E-state index in [2.05, 4.69) is 39.3 Å². The Morgan fingerprint density at radius 3 is 1.00 bits per heavy atom. The predicted molar refractivity (Wildman–Crippen MR) is 134 cm³/mol. The van der Waals surface area contributed by atoms with Crippen LogP contribution in [0.15, 0.2) is 11.1 Å². The second-order valence-electron chi connectivity index (χ2n) is 11.0. The van der Waals surface area contributed by atoms with Gasteiger partial charge in [0.1, 0.15) is 0 Å². The van der Waals surface area contributed by atoms with E-state index in [1.54, 1.807) is 0 Å². The van der Waals surface area contributed by atoms with Crippen LogP contribution in [0.25, 0.3) is 0 Å². The van der Waals surface area contributed by atoms with Crippen molar-refractivity contribution in [3.8, 4) is 0 Å². The van der Waals surface area contributed by atoms with Crippen molar-refractivity contribution in [2.24, 2.45) is 0 Å². The maximum absolute atomic E-state index is 12.5. The number of hydrogen-bond acceptors (Lipinski definition) is 4. The zero-order valence-corrected chi connectivity index (χ0v) is 25.1. The lowest BCUT2D eigenvalue weighted by Gasteiger charge is -2.41. The molecule has 0 aliphatic carbocycles. The van der Waals surface area contributed by atoms with Gasteiger partial charge in [0.25, 0.3) is 0 Å². The molecule has 0 spiro atoms. The van der Waals surface area contributed by atoms with E-state index in [0.29, 0.717) is 12.8 Å². The molecule has 0 radical (unpaired) electrons.